The number of alkyl halides is 8. The van der Waals surface area contributed by atoms with E-state index in [9.17, 15) is 45.0 Å². The van der Waals surface area contributed by atoms with Gasteiger partial charge >= 0.3 is 18.7 Å². The quantitative estimate of drug-likeness (QED) is 0.198. The van der Waals surface area contributed by atoms with Gasteiger partial charge in [0.1, 0.15) is 28.9 Å². The van der Waals surface area contributed by atoms with Crippen molar-refractivity contribution in [2.45, 2.75) is 63.2 Å². The summed E-state index contributed by atoms with van der Waals surface area (Å²) in [6, 6.07) is 8.24. The molecule has 0 bridgehead atoms. The van der Waals surface area contributed by atoms with Crippen molar-refractivity contribution < 1.29 is 63.3 Å². The van der Waals surface area contributed by atoms with Gasteiger partial charge in [-0.2, -0.15) is 30.7 Å². The second-order valence-electron chi connectivity index (χ2n) is 11.1. The molecular weight excluding hydrogens is 664 g/mol. The third-order valence-corrected chi connectivity index (χ3v) is 7.15. The predicted molar refractivity (Wildman–Crippen MR) is 152 cm³/mol. The molecule has 0 spiro atoms. The number of carbonyl (C=O) groups excluding carboxylic acids is 1. The van der Waals surface area contributed by atoms with Crippen LogP contribution >= 0.6 is 0 Å². The monoisotopic (exact) mass is 691 g/mol. The third kappa shape index (κ3) is 8.23. The average Bonchev–Trinajstić information content (AvgIpc) is 2.97. The Morgan fingerprint density at radius 1 is 0.979 bits per heavy atom. The molecule has 48 heavy (non-hydrogen) atoms. The van der Waals surface area contributed by atoms with E-state index in [-0.39, 0.29) is 28.7 Å². The van der Waals surface area contributed by atoms with Gasteiger partial charge < -0.3 is 19.9 Å². The van der Waals surface area contributed by atoms with Crippen LogP contribution in [0.25, 0.3) is 0 Å². The van der Waals surface area contributed by atoms with Crippen LogP contribution in [0.4, 0.5) is 43.9 Å². The van der Waals surface area contributed by atoms with Gasteiger partial charge in [0.15, 0.2) is 6.17 Å². The van der Waals surface area contributed by atoms with Crippen LogP contribution in [-0.4, -0.2) is 35.8 Å². The number of amides is 1. The summed E-state index contributed by atoms with van der Waals surface area (Å²) in [5.41, 5.74) is -5.03. The lowest BCUT2D eigenvalue weighted by molar-refractivity contribution is -0.253. The molecule has 2 N–H and O–H groups in total. The number of allylic oxidation sites excluding steroid dienone is 2. The van der Waals surface area contributed by atoms with E-state index in [4.69, 9.17) is 4.74 Å². The molecule has 1 aliphatic rings. The summed E-state index contributed by atoms with van der Waals surface area (Å²) in [6.45, 7) is 3.15. The fourth-order valence-corrected chi connectivity index (χ4v) is 5.03. The van der Waals surface area contributed by atoms with E-state index in [0.29, 0.717) is 18.2 Å². The largest absolute Gasteiger partial charge is 0.508 e. The standard InChI is InChI=1S/C33H27F10NO4/c1-17(2)47-28-14-20(6-10-27(28)36)31(16-18-3-7-23(45)8-4-18,21-12-22(34)15-24(13-21)48-33(42,43)30(37)38)44-29(46)19-5-9-26(35)25(11-19)32(39,40)41/h3-9,11-15,17,27,30,45H,10,16H2,1-2H3,(H,44,46)/t27?,31-/m1/s1. The fourth-order valence-electron chi connectivity index (χ4n) is 5.03. The van der Waals surface area contributed by atoms with E-state index < -0.39 is 89.3 Å². The molecular formula is C33H27F10NO4. The highest BCUT2D eigenvalue weighted by molar-refractivity contribution is 5.95. The molecule has 3 aromatic rings. The van der Waals surface area contributed by atoms with Crippen LogP contribution in [-0.2, 0) is 22.9 Å². The third-order valence-electron chi connectivity index (χ3n) is 7.15. The number of ether oxygens (including phenoxy) is 2. The van der Waals surface area contributed by atoms with E-state index in [1.807, 2.05) is 0 Å². The van der Waals surface area contributed by atoms with Gasteiger partial charge in [0.05, 0.1) is 17.2 Å². The maximum atomic E-state index is 15.1. The molecule has 0 aliphatic heterocycles. The molecule has 258 valence electrons. The summed E-state index contributed by atoms with van der Waals surface area (Å²) >= 11 is 0. The number of halogens is 10. The van der Waals surface area contributed by atoms with Crippen molar-refractivity contribution in [3.05, 3.63) is 118 Å². The molecule has 0 fully saturated rings. The molecule has 3 aromatic carbocycles. The van der Waals surface area contributed by atoms with Crippen molar-refractivity contribution in [2.24, 2.45) is 0 Å². The summed E-state index contributed by atoms with van der Waals surface area (Å²) in [5.74, 6) is -5.93. The van der Waals surface area contributed by atoms with E-state index in [1.54, 1.807) is 13.8 Å². The zero-order valence-corrected chi connectivity index (χ0v) is 25.0. The number of carbonyl (C=O) groups is 1. The smallest absolute Gasteiger partial charge is 0.461 e. The van der Waals surface area contributed by atoms with Crippen molar-refractivity contribution in [2.75, 3.05) is 0 Å². The van der Waals surface area contributed by atoms with E-state index in [0.717, 1.165) is 18.2 Å². The molecule has 0 saturated carbocycles. The molecule has 5 nitrogen and oxygen atoms in total. The summed E-state index contributed by atoms with van der Waals surface area (Å²) in [6.07, 6.45) is -15.5. The van der Waals surface area contributed by atoms with Gasteiger partial charge in [-0.25, -0.2) is 13.2 Å². The van der Waals surface area contributed by atoms with Crippen LogP contribution < -0.4 is 10.1 Å². The van der Waals surface area contributed by atoms with Gasteiger partial charge in [-0.05, 0) is 79.1 Å². The van der Waals surface area contributed by atoms with Crippen LogP contribution in [0.1, 0.15) is 47.3 Å². The summed E-state index contributed by atoms with van der Waals surface area (Å²) in [4.78, 5) is 13.8. The molecule has 2 atom stereocenters. The lowest BCUT2D eigenvalue weighted by Gasteiger charge is -2.39. The number of phenolic OH excluding ortho intramolecular Hbond substituents is 1. The molecule has 1 amide bonds. The van der Waals surface area contributed by atoms with Crippen LogP contribution in [0.3, 0.4) is 0 Å². The first-order chi connectivity index (χ1) is 22.3. The molecule has 0 radical (unpaired) electrons. The van der Waals surface area contributed by atoms with Crippen LogP contribution in [0.5, 0.6) is 11.5 Å². The van der Waals surface area contributed by atoms with E-state index in [2.05, 4.69) is 10.1 Å². The highest BCUT2D eigenvalue weighted by atomic mass is 19.4. The Kier molecular flexibility index (Phi) is 10.4. The van der Waals surface area contributed by atoms with Gasteiger partial charge in [-0.1, -0.05) is 18.2 Å². The van der Waals surface area contributed by atoms with E-state index in [1.165, 1.54) is 30.3 Å². The normalized spacial score (nSPS) is 16.7. The Morgan fingerprint density at radius 2 is 1.65 bits per heavy atom. The lowest BCUT2D eigenvalue weighted by atomic mass is 9.75. The molecule has 4 rings (SSSR count). The molecule has 0 saturated heterocycles. The molecule has 1 unspecified atom stereocenters. The van der Waals surface area contributed by atoms with Gasteiger partial charge in [0.2, 0.25) is 0 Å². The summed E-state index contributed by atoms with van der Waals surface area (Å²) in [7, 11) is 0. The Hall–Kier alpha value is -4.69. The number of hydrogen-bond donors (Lipinski definition) is 2. The second kappa shape index (κ2) is 13.8. The lowest BCUT2D eigenvalue weighted by Crippen LogP contribution is -2.49. The summed E-state index contributed by atoms with van der Waals surface area (Å²) < 4.78 is 149. The first-order valence-corrected chi connectivity index (χ1v) is 14.2. The van der Waals surface area contributed by atoms with Crippen LogP contribution in [0, 0.1) is 11.6 Å². The number of nitrogens with one attached hydrogen (secondary N) is 1. The minimum Gasteiger partial charge on any atom is -0.508 e. The Bertz CT molecular complexity index is 1700. The van der Waals surface area contributed by atoms with Crippen molar-refractivity contribution in [1.29, 1.82) is 0 Å². The highest BCUT2D eigenvalue weighted by Gasteiger charge is 2.45. The van der Waals surface area contributed by atoms with Crippen LogP contribution in [0.2, 0.25) is 0 Å². The number of benzene rings is 3. The van der Waals surface area contributed by atoms with Crippen molar-refractivity contribution in [3.63, 3.8) is 0 Å². The Balaban J connectivity index is 2.01. The number of phenols is 1. The molecule has 0 heterocycles. The Morgan fingerprint density at radius 3 is 2.25 bits per heavy atom. The predicted octanol–water partition coefficient (Wildman–Crippen LogP) is 8.77. The topological polar surface area (TPSA) is 67.8 Å². The number of rotatable bonds is 11. The van der Waals surface area contributed by atoms with Crippen molar-refractivity contribution >= 4 is 5.91 Å². The van der Waals surface area contributed by atoms with Gasteiger partial charge in [0, 0.05) is 24.5 Å². The van der Waals surface area contributed by atoms with Gasteiger partial charge in [0.25, 0.3) is 5.91 Å². The number of hydrogen-bond acceptors (Lipinski definition) is 4. The van der Waals surface area contributed by atoms with Crippen LogP contribution in [0.15, 0.2) is 84.1 Å². The maximum Gasteiger partial charge on any atom is 0.461 e. The van der Waals surface area contributed by atoms with Crippen molar-refractivity contribution in [3.8, 4) is 11.5 Å². The SMILES string of the molecule is CC(C)OC1=CC([C@@](Cc2ccc(O)cc2)(NC(=O)c2ccc(F)c(C(F)(F)F)c2)c2cc(F)cc(OC(F)(F)C(F)F)c2)=CCC1F. The Labute approximate surface area is 267 Å². The minimum atomic E-state index is -5.22. The van der Waals surface area contributed by atoms with Gasteiger partial charge in [-0.3, -0.25) is 4.79 Å². The molecule has 1 aliphatic carbocycles. The highest BCUT2D eigenvalue weighted by Crippen LogP contribution is 2.42. The second-order valence-corrected chi connectivity index (χ2v) is 11.1. The van der Waals surface area contributed by atoms with Crippen molar-refractivity contribution in [1.82, 2.24) is 5.32 Å². The zero-order valence-electron chi connectivity index (χ0n) is 25.0. The zero-order chi connectivity index (χ0) is 35.6. The molecule has 15 heteroatoms. The average molecular weight is 692 g/mol. The first-order valence-electron chi connectivity index (χ1n) is 14.2. The first kappa shape index (κ1) is 36.2. The minimum absolute atomic E-state index is 0.0798. The maximum absolute atomic E-state index is 15.1. The van der Waals surface area contributed by atoms with Gasteiger partial charge in [-0.15, -0.1) is 0 Å². The van der Waals surface area contributed by atoms with E-state index >= 15 is 8.78 Å². The summed E-state index contributed by atoms with van der Waals surface area (Å²) in [5, 5.41) is 12.3. The number of aromatic hydroxyl groups is 1. The molecule has 0 aromatic heterocycles. The fraction of sp³-hybridized carbons (Fsp3) is 0.303.